The predicted molar refractivity (Wildman–Crippen MR) is 156 cm³/mol. The lowest BCUT2D eigenvalue weighted by molar-refractivity contribution is 0.196. The minimum Gasteiger partial charge on any atom is -0.486 e. The maximum atomic E-state index is 13.3. The Balaban J connectivity index is 0.000000264. The summed E-state index contributed by atoms with van der Waals surface area (Å²) in [5, 5.41) is 0.600. The van der Waals surface area contributed by atoms with Gasteiger partial charge in [-0.25, -0.2) is 13.2 Å². The van der Waals surface area contributed by atoms with Gasteiger partial charge in [0.05, 0.1) is 0 Å². The third kappa shape index (κ3) is 11.3. The quantitative estimate of drug-likeness (QED) is 0.200. The van der Waals surface area contributed by atoms with Gasteiger partial charge in [0.2, 0.25) is 0 Å². The molecule has 0 heterocycles. The monoisotopic (exact) mass is 572 g/mol. The lowest BCUT2D eigenvalue weighted by atomic mass is 10.1. The van der Waals surface area contributed by atoms with Gasteiger partial charge in [-0.05, 0) is 78.8 Å². The molecule has 0 aliphatic rings. The Bertz CT molecular complexity index is 1190. The Morgan fingerprint density at radius 1 is 0.600 bits per heavy atom. The van der Waals surface area contributed by atoms with E-state index in [1.807, 2.05) is 32.0 Å². The summed E-state index contributed by atoms with van der Waals surface area (Å²) >= 11 is 5.91. The van der Waals surface area contributed by atoms with E-state index in [0.29, 0.717) is 48.0 Å². The van der Waals surface area contributed by atoms with Crippen LogP contribution in [0, 0.1) is 17.5 Å². The summed E-state index contributed by atoms with van der Waals surface area (Å²) in [6, 6.07) is 25.5. The highest BCUT2D eigenvalue weighted by atomic mass is 35.5. The molecule has 0 aliphatic heterocycles. The van der Waals surface area contributed by atoms with Gasteiger partial charge in [-0.1, -0.05) is 61.8 Å². The summed E-state index contributed by atoms with van der Waals surface area (Å²) in [5.74, 6) is 0.0674. The molecule has 4 rings (SSSR count). The van der Waals surface area contributed by atoms with Crippen LogP contribution in [0.2, 0.25) is 5.02 Å². The highest BCUT2D eigenvalue weighted by molar-refractivity contribution is 6.30. The normalized spacial score (nSPS) is 11.7. The molecule has 0 amide bonds. The topological polar surface area (TPSA) is 70.5 Å². The van der Waals surface area contributed by atoms with Gasteiger partial charge in [0.1, 0.15) is 41.2 Å². The second kappa shape index (κ2) is 17.9. The molecule has 0 spiro atoms. The summed E-state index contributed by atoms with van der Waals surface area (Å²) in [5.41, 5.74) is 12.6. The van der Waals surface area contributed by atoms with E-state index in [1.165, 1.54) is 36.4 Å². The van der Waals surface area contributed by atoms with Gasteiger partial charge >= 0.3 is 0 Å². The van der Waals surface area contributed by atoms with Crippen LogP contribution in [0.1, 0.15) is 50.0 Å². The molecule has 8 heteroatoms. The average molecular weight is 573 g/mol. The zero-order valence-corrected chi connectivity index (χ0v) is 23.5. The summed E-state index contributed by atoms with van der Waals surface area (Å²) in [6.07, 6.45) is 0.470. The molecule has 0 aliphatic carbocycles. The maximum Gasteiger partial charge on any atom is 0.126 e. The smallest absolute Gasteiger partial charge is 0.126 e. The van der Waals surface area contributed by atoms with Crippen LogP contribution in [0.5, 0.6) is 11.5 Å². The van der Waals surface area contributed by atoms with Crippen LogP contribution in [0.15, 0.2) is 97.1 Å². The van der Waals surface area contributed by atoms with Gasteiger partial charge in [-0.2, -0.15) is 0 Å². The Hall–Kier alpha value is -3.52. The van der Waals surface area contributed by atoms with Crippen molar-refractivity contribution in [2.75, 3.05) is 13.1 Å². The Morgan fingerprint density at radius 2 is 1.00 bits per heavy atom. The van der Waals surface area contributed by atoms with Crippen molar-refractivity contribution < 1.29 is 22.6 Å². The minimum absolute atomic E-state index is 0.279. The molecule has 0 saturated heterocycles. The van der Waals surface area contributed by atoms with Crippen LogP contribution in [0.25, 0.3) is 0 Å². The summed E-state index contributed by atoms with van der Waals surface area (Å²) in [4.78, 5) is 0. The van der Waals surface area contributed by atoms with Gasteiger partial charge in [-0.3, -0.25) is 0 Å². The van der Waals surface area contributed by atoms with E-state index in [0.717, 1.165) is 5.56 Å². The minimum atomic E-state index is -0.387. The second-order valence-corrected chi connectivity index (χ2v) is 8.83. The van der Waals surface area contributed by atoms with Gasteiger partial charge in [-0.15, -0.1) is 0 Å². The van der Waals surface area contributed by atoms with E-state index in [9.17, 15) is 13.2 Å². The van der Waals surface area contributed by atoms with E-state index in [2.05, 4.69) is 0 Å². The van der Waals surface area contributed by atoms with Crippen molar-refractivity contribution in [2.45, 2.75) is 38.9 Å². The largest absolute Gasteiger partial charge is 0.486 e. The second-order valence-electron chi connectivity index (χ2n) is 8.39. The van der Waals surface area contributed by atoms with Crippen molar-refractivity contribution >= 4 is 11.6 Å². The molecule has 4 aromatic carbocycles. The van der Waals surface area contributed by atoms with E-state index < -0.39 is 0 Å². The first-order valence-corrected chi connectivity index (χ1v) is 13.5. The molecule has 40 heavy (non-hydrogen) atoms. The molecule has 0 fully saturated rings. The van der Waals surface area contributed by atoms with Gasteiger partial charge < -0.3 is 20.9 Å². The first kappa shape index (κ1) is 32.7. The number of hydrogen-bond donors (Lipinski definition) is 2. The Labute approximate surface area is 239 Å². The van der Waals surface area contributed by atoms with Crippen LogP contribution >= 0.6 is 11.6 Å². The standard InChI is InChI=1S/C15H15ClFNO.C15H15F2NO.C2H6/c16-12-4-2-6-14(10-12)19-15(7-8-18)11-3-1-5-13(17)9-11;16-12-4-1-3-11(9-12)15(7-8-18)19-14-6-2-5-13(17)10-14;1-2/h2*1-6,9-10,15H,7-8,18H2;1-2H3. The number of hydrogen-bond acceptors (Lipinski definition) is 4. The van der Waals surface area contributed by atoms with Crippen LogP contribution in [-0.4, -0.2) is 13.1 Å². The SMILES string of the molecule is CC.NCCC(Oc1cccc(Cl)c1)c1cccc(F)c1.NCCC(Oc1cccc(F)c1)c1cccc(F)c1. The van der Waals surface area contributed by atoms with Crippen LogP contribution in [0.4, 0.5) is 13.2 Å². The van der Waals surface area contributed by atoms with Gasteiger partial charge in [0, 0.05) is 23.9 Å². The Morgan fingerprint density at radius 3 is 1.40 bits per heavy atom. The van der Waals surface area contributed by atoms with Crippen molar-refractivity contribution in [1.29, 1.82) is 0 Å². The van der Waals surface area contributed by atoms with Crippen molar-refractivity contribution in [3.63, 3.8) is 0 Å². The molecule has 2 atom stereocenters. The zero-order chi connectivity index (χ0) is 29.3. The Kier molecular flexibility index (Phi) is 14.7. The number of ether oxygens (including phenoxy) is 2. The molecule has 4 nitrogen and oxygen atoms in total. The van der Waals surface area contributed by atoms with Crippen molar-refractivity contribution in [3.8, 4) is 11.5 Å². The first-order valence-electron chi connectivity index (χ1n) is 13.1. The molecule has 4 aromatic rings. The van der Waals surface area contributed by atoms with E-state index in [1.54, 1.807) is 42.5 Å². The predicted octanol–water partition coefficient (Wildman–Crippen LogP) is 8.41. The van der Waals surface area contributed by atoms with Crippen molar-refractivity contribution in [3.05, 3.63) is 131 Å². The van der Waals surface area contributed by atoms with Crippen molar-refractivity contribution in [1.82, 2.24) is 0 Å². The molecule has 0 aromatic heterocycles. The molecular formula is C32H36ClF3N2O2. The van der Waals surface area contributed by atoms with Crippen LogP contribution < -0.4 is 20.9 Å². The van der Waals surface area contributed by atoms with Gasteiger partial charge in [0.15, 0.2) is 0 Å². The average Bonchev–Trinajstić information content (AvgIpc) is 2.94. The highest BCUT2D eigenvalue weighted by Crippen LogP contribution is 2.27. The lowest BCUT2D eigenvalue weighted by Gasteiger charge is -2.19. The fourth-order valence-corrected chi connectivity index (χ4v) is 3.89. The fraction of sp³-hybridized carbons (Fsp3) is 0.250. The molecule has 0 saturated carbocycles. The number of rotatable bonds is 10. The maximum absolute atomic E-state index is 13.3. The molecule has 214 valence electrons. The molecule has 0 bridgehead atoms. The summed E-state index contributed by atoms with van der Waals surface area (Å²) < 4.78 is 51.1. The number of nitrogens with two attached hydrogens (primary N) is 2. The number of benzene rings is 4. The lowest BCUT2D eigenvalue weighted by Crippen LogP contribution is -2.13. The van der Waals surface area contributed by atoms with Crippen molar-refractivity contribution in [2.24, 2.45) is 11.5 Å². The molecular weight excluding hydrogens is 537 g/mol. The molecule has 2 unspecified atom stereocenters. The van der Waals surface area contributed by atoms with E-state index in [4.69, 9.17) is 32.5 Å². The highest BCUT2D eigenvalue weighted by Gasteiger charge is 2.15. The van der Waals surface area contributed by atoms with Crippen LogP contribution in [0.3, 0.4) is 0 Å². The zero-order valence-electron chi connectivity index (χ0n) is 22.7. The van der Waals surface area contributed by atoms with E-state index >= 15 is 0 Å². The van der Waals surface area contributed by atoms with E-state index in [-0.39, 0.29) is 29.7 Å². The molecule has 0 radical (unpaired) electrons. The van der Waals surface area contributed by atoms with Crippen LogP contribution in [-0.2, 0) is 0 Å². The van der Waals surface area contributed by atoms with Gasteiger partial charge in [0.25, 0.3) is 0 Å². The third-order valence-electron chi connectivity index (χ3n) is 5.45. The molecule has 4 N–H and O–H groups in total. The summed E-state index contributed by atoms with van der Waals surface area (Å²) in [6.45, 7) is 4.86. The number of halogens is 4. The first-order chi connectivity index (χ1) is 19.4. The third-order valence-corrected chi connectivity index (χ3v) is 5.68. The fourth-order valence-electron chi connectivity index (χ4n) is 3.71. The summed E-state index contributed by atoms with van der Waals surface area (Å²) in [7, 11) is 0.